The molecule has 1 atom stereocenters. The zero-order chi connectivity index (χ0) is 21.4. The van der Waals surface area contributed by atoms with E-state index in [-0.39, 0.29) is 17.4 Å². The van der Waals surface area contributed by atoms with Gasteiger partial charge in [0.1, 0.15) is 6.04 Å². The molecule has 1 N–H and O–H groups in total. The number of carbonyl (C=O) groups is 2. The molecule has 0 aliphatic heterocycles. The van der Waals surface area contributed by atoms with Gasteiger partial charge < -0.3 is 10.2 Å². The summed E-state index contributed by atoms with van der Waals surface area (Å²) in [6.45, 7) is 8.02. The lowest BCUT2D eigenvalue weighted by Gasteiger charge is -2.31. The van der Waals surface area contributed by atoms with Crippen LogP contribution in [0.3, 0.4) is 0 Å². The minimum atomic E-state index is -0.549. The van der Waals surface area contributed by atoms with Crippen molar-refractivity contribution < 1.29 is 9.59 Å². The van der Waals surface area contributed by atoms with Crippen molar-refractivity contribution >= 4 is 39.5 Å². The highest BCUT2D eigenvalue weighted by molar-refractivity contribution is 9.10. The van der Waals surface area contributed by atoms with Crippen molar-refractivity contribution in [2.75, 3.05) is 5.75 Å². The minimum absolute atomic E-state index is 0.0205. The van der Waals surface area contributed by atoms with Crippen LogP contribution in [0.1, 0.15) is 39.7 Å². The first kappa shape index (κ1) is 23.5. The van der Waals surface area contributed by atoms with Gasteiger partial charge in [-0.15, -0.1) is 11.8 Å². The van der Waals surface area contributed by atoms with Crippen LogP contribution in [0.2, 0.25) is 0 Å². The lowest BCUT2D eigenvalue weighted by Crippen LogP contribution is -2.52. The zero-order valence-electron chi connectivity index (χ0n) is 17.4. The molecule has 2 rings (SSSR count). The quantitative estimate of drug-likeness (QED) is 0.528. The summed E-state index contributed by atoms with van der Waals surface area (Å²) < 4.78 is 0.983. The molecule has 4 nitrogen and oxygen atoms in total. The van der Waals surface area contributed by atoms with E-state index in [4.69, 9.17) is 0 Å². The molecule has 0 bridgehead atoms. The molecular weight excluding hydrogens is 448 g/mol. The molecule has 0 radical (unpaired) electrons. The standard InChI is InChI=1S/C23H29BrN2O2S/c1-17(22(28)25-23(2,3)4)26(16-18-10-12-19(24)13-11-18)21(27)14-15-29-20-8-6-5-7-9-20/h5-13,17H,14-16H2,1-4H3,(H,25,28)/t17-/m0/s1. The Balaban J connectivity index is 2.08. The summed E-state index contributed by atoms with van der Waals surface area (Å²) in [7, 11) is 0. The lowest BCUT2D eigenvalue weighted by molar-refractivity contribution is -0.140. The van der Waals surface area contributed by atoms with E-state index in [1.165, 1.54) is 0 Å². The summed E-state index contributed by atoms with van der Waals surface area (Å²) in [5, 5.41) is 2.99. The van der Waals surface area contributed by atoms with Gasteiger partial charge in [0, 0.05) is 33.6 Å². The predicted molar refractivity (Wildman–Crippen MR) is 124 cm³/mol. The smallest absolute Gasteiger partial charge is 0.242 e. The van der Waals surface area contributed by atoms with E-state index >= 15 is 0 Å². The Hall–Kier alpha value is -1.79. The van der Waals surface area contributed by atoms with Gasteiger partial charge in [-0.2, -0.15) is 0 Å². The second-order valence-electron chi connectivity index (χ2n) is 7.97. The Morgan fingerprint density at radius 2 is 1.69 bits per heavy atom. The molecule has 6 heteroatoms. The van der Waals surface area contributed by atoms with Crippen LogP contribution in [0.4, 0.5) is 0 Å². The number of carbonyl (C=O) groups excluding carboxylic acids is 2. The Kier molecular flexibility index (Phi) is 8.78. The maximum atomic E-state index is 13.0. The monoisotopic (exact) mass is 476 g/mol. The van der Waals surface area contributed by atoms with Gasteiger partial charge in [0.2, 0.25) is 11.8 Å². The van der Waals surface area contributed by atoms with Crippen LogP contribution in [0.15, 0.2) is 64.0 Å². The molecule has 0 heterocycles. The van der Waals surface area contributed by atoms with Crippen LogP contribution in [-0.2, 0) is 16.1 Å². The van der Waals surface area contributed by atoms with Crippen molar-refractivity contribution in [3.63, 3.8) is 0 Å². The van der Waals surface area contributed by atoms with Crippen molar-refractivity contribution in [2.24, 2.45) is 0 Å². The molecule has 0 spiro atoms. The SMILES string of the molecule is C[C@@H](C(=O)NC(C)(C)C)N(Cc1ccc(Br)cc1)C(=O)CCSc1ccccc1. The van der Waals surface area contributed by atoms with Crippen LogP contribution >= 0.6 is 27.7 Å². The predicted octanol–water partition coefficient (Wildman–Crippen LogP) is 5.26. The summed E-state index contributed by atoms with van der Waals surface area (Å²) >= 11 is 5.09. The molecule has 2 aromatic rings. The first-order valence-corrected chi connectivity index (χ1v) is 11.5. The van der Waals surface area contributed by atoms with E-state index in [1.807, 2.05) is 75.4 Å². The van der Waals surface area contributed by atoms with Gasteiger partial charge in [0.25, 0.3) is 0 Å². The van der Waals surface area contributed by atoms with Crippen LogP contribution in [-0.4, -0.2) is 34.0 Å². The fraction of sp³-hybridized carbons (Fsp3) is 0.391. The summed E-state index contributed by atoms with van der Waals surface area (Å²) in [4.78, 5) is 28.6. The number of benzene rings is 2. The number of nitrogens with zero attached hydrogens (tertiary/aromatic N) is 1. The normalized spacial score (nSPS) is 12.3. The number of halogens is 1. The number of thioether (sulfide) groups is 1. The number of rotatable bonds is 8. The topological polar surface area (TPSA) is 49.4 Å². The van der Waals surface area contributed by atoms with Gasteiger partial charge in [0.15, 0.2) is 0 Å². The van der Waals surface area contributed by atoms with Crippen molar-refractivity contribution in [2.45, 2.75) is 57.1 Å². The van der Waals surface area contributed by atoms with Crippen molar-refractivity contribution in [3.05, 3.63) is 64.6 Å². The molecule has 0 unspecified atom stereocenters. The second kappa shape index (κ2) is 10.8. The number of amides is 2. The molecule has 0 aliphatic carbocycles. The first-order chi connectivity index (χ1) is 13.7. The third-order valence-electron chi connectivity index (χ3n) is 4.26. The highest BCUT2D eigenvalue weighted by Gasteiger charge is 2.28. The Morgan fingerprint density at radius 1 is 1.07 bits per heavy atom. The Labute approximate surface area is 186 Å². The summed E-state index contributed by atoms with van der Waals surface area (Å²) in [6, 6.07) is 17.3. The van der Waals surface area contributed by atoms with Crippen LogP contribution < -0.4 is 5.32 Å². The third-order valence-corrected chi connectivity index (χ3v) is 5.80. The lowest BCUT2D eigenvalue weighted by atomic mass is 10.1. The van der Waals surface area contributed by atoms with Crippen molar-refractivity contribution in [1.29, 1.82) is 0 Å². The van der Waals surface area contributed by atoms with E-state index in [1.54, 1.807) is 23.6 Å². The van der Waals surface area contributed by atoms with Crippen molar-refractivity contribution in [3.8, 4) is 0 Å². The van der Waals surface area contributed by atoms with Gasteiger partial charge >= 0.3 is 0 Å². The molecule has 0 saturated carbocycles. The highest BCUT2D eigenvalue weighted by atomic mass is 79.9. The Bertz CT molecular complexity index is 804. The molecule has 0 aromatic heterocycles. The van der Waals surface area contributed by atoms with E-state index < -0.39 is 6.04 Å². The van der Waals surface area contributed by atoms with E-state index in [9.17, 15) is 9.59 Å². The summed E-state index contributed by atoms with van der Waals surface area (Å²) in [6.07, 6.45) is 0.378. The van der Waals surface area contributed by atoms with Gasteiger partial charge in [0.05, 0.1) is 0 Å². The Morgan fingerprint density at radius 3 is 2.28 bits per heavy atom. The summed E-state index contributed by atoms with van der Waals surface area (Å²) in [5.41, 5.74) is 0.647. The van der Waals surface area contributed by atoms with Gasteiger partial charge in [-0.3, -0.25) is 9.59 Å². The zero-order valence-corrected chi connectivity index (χ0v) is 19.8. The molecule has 156 valence electrons. The molecular formula is C23H29BrN2O2S. The van der Waals surface area contributed by atoms with Crippen LogP contribution in [0.5, 0.6) is 0 Å². The van der Waals surface area contributed by atoms with Gasteiger partial charge in [-0.1, -0.05) is 46.3 Å². The van der Waals surface area contributed by atoms with E-state index in [0.29, 0.717) is 18.7 Å². The van der Waals surface area contributed by atoms with E-state index in [2.05, 4.69) is 21.2 Å². The average Bonchev–Trinajstić information content (AvgIpc) is 2.66. The maximum absolute atomic E-state index is 13.0. The number of nitrogens with one attached hydrogen (secondary N) is 1. The number of hydrogen-bond acceptors (Lipinski definition) is 3. The highest BCUT2D eigenvalue weighted by Crippen LogP contribution is 2.20. The molecule has 0 saturated heterocycles. The van der Waals surface area contributed by atoms with Crippen LogP contribution in [0, 0.1) is 0 Å². The average molecular weight is 477 g/mol. The summed E-state index contributed by atoms with van der Waals surface area (Å²) in [5.74, 6) is 0.513. The first-order valence-electron chi connectivity index (χ1n) is 9.69. The van der Waals surface area contributed by atoms with E-state index in [0.717, 1.165) is 14.9 Å². The molecule has 0 fully saturated rings. The minimum Gasteiger partial charge on any atom is -0.350 e. The molecule has 2 amide bonds. The second-order valence-corrected chi connectivity index (χ2v) is 10.1. The molecule has 29 heavy (non-hydrogen) atoms. The van der Waals surface area contributed by atoms with Crippen molar-refractivity contribution in [1.82, 2.24) is 10.2 Å². The fourth-order valence-corrected chi connectivity index (χ4v) is 3.89. The largest absolute Gasteiger partial charge is 0.350 e. The molecule has 2 aromatic carbocycles. The number of hydrogen-bond donors (Lipinski definition) is 1. The van der Waals surface area contributed by atoms with Crippen LogP contribution in [0.25, 0.3) is 0 Å². The van der Waals surface area contributed by atoms with Gasteiger partial charge in [-0.25, -0.2) is 0 Å². The van der Waals surface area contributed by atoms with Gasteiger partial charge in [-0.05, 0) is 57.5 Å². The molecule has 0 aliphatic rings. The maximum Gasteiger partial charge on any atom is 0.242 e. The third kappa shape index (κ3) is 8.23. The fourth-order valence-electron chi connectivity index (χ4n) is 2.76.